The second-order valence-corrected chi connectivity index (χ2v) is 4.77. The van der Waals surface area contributed by atoms with Gasteiger partial charge in [-0.2, -0.15) is 0 Å². The first kappa shape index (κ1) is 10.9. The van der Waals surface area contributed by atoms with E-state index in [0.717, 1.165) is 38.8 Å². The number of rotatable bonds is 3. The third-order valence-corrected chi connectivity index (χ3v) is 3.31. The van der Waals surface area contributed by atoms with Gasteiger partial charge in [0.05, 0.1) is 11.6 Å². The lowest BCUT2D eigenvalue weighted by Crippen LogP contribution is -2.46. The summed E-state index contributed by atoms with van der Waals surface area (Å²) >= 11 is 0. The van der Waals surface area contributed by atoms with Gasteiger partial charge in [-0.25, -0.2) is 0 Å². The molecular formula is C11H20N2O2. The first-order valence-electron chi connectivity index (χ1n) is 5.85. The van der Waals surface area contributed by atoms with Crippen LogP contribution in [0.15, 0.2) is 0 Å². The van der Waals surface area contributed by atoms with Crippen LogP contribution in [-0.4, -0.2) is 37.2 Å². The van der Waals surface area contributed by atoms with Gasteiger partial charge in [-0.1, -0.05) is 0 Å². The van der Waals surface area contributed by atoms with E-state index in [2.05, 4.69) is 17.6 Å². The molecule has 86 valence electrons. The number of amides is 1. The molecule has 2 N–H and O–H groups in total. The Balaban J connectivity index is 1.74. The second kappa shape index (κ2) is 4.49. The van der Waals surface area contributed by atoms with Crippen LogP contribution < -0.4 is 10.6 Å². The molecular weight excluding hydrogens is 192 g/mol. The van der Waals surface area contributed by atoms with E-state index in [1.54, 1.807) is 0 Å². The monoisotopic (exact) mass is 212 g/mol. The van der Waals surface area contributed by atoms with E-state index < -0.39 is 0 Å². The summed E-state index contributed by atoms with van der Waals surface area (Å²) in [6, 6.07) is 0.0232. The fraction of sp³-hybridized carbons (Fsp3) is 0.909. The van der Waals surface area contributed by atoms with Gasteiger partial charge in [0.15, 0.2) is 0 Å². The quantitative estimate of drug-likeness (QED) is 0.713. The van der Waals surface area contributed by atoms with Crippen molar-refractivity contribution >= 4 is 5.91 Å². The molecule has 4 heteroatoms. The van der Waals surface area contributed by atoms with Gasteiger partial charge in [-0.3, -0.25) is 4.79 Å². The molecule has 0 aromatic rings. The summed E-state index contributed by atoms with van der Waals surface area (Å²) in [4.78, 5) is 11.7. The van der Waals surface area contributed by atoms with Crippen LogP contribution in [0, 0.1) is 0 Å². The zero-order chi connectivity index (χ0) is 10.7. The maximum atomic E-state index is 11.7. The molecule has 2 fully saturated rings. The predicted molar refractivity (Wildman–Crippen MR) is 57.6 cm³/mol. The lowest BCUT2D eigenvalue weighted by molar-refractivity contribution is -0.124. The average Bonchev–Trinajstić information content (AvgIpc) is 2.85. The lowest BCUT2D eigenvalue weighted by atomic mass is 10.0. The van der Waals surface area contributed by atoms with Crippen LogP contribution in [0.4, 0.5) is 0 Å². The summed E-state index contributed by atoms with van der Waals surface area (Å²) in [5.41, 5.74) is -0.131. The molecule has 2 heterocycles. The Labute approximate surface area is 90.8 Å². The Bertz CT molecular complexity index is 231. The highest BCUT2D eigenvalue weighted by Crippen LogP contribution is 2.23. The van der Waals surface area contributed by atoms with Crippen molar-refractivity contribution in [3.63, 3.8) is 0 Å². The van der Waals surface area contributed by atoms with E-state index in [1.807, 2.05) is 0 Å². The second-order valence-electron chi connectivity index (χ2n) is 4.77. The number of carbonyl (C=O) groups is 1. The molecule has 0 aliphatic carbocycles. The van der Waals surface area contributed by atoms with Crippen LogP contribution >= 0.6 is 0 Å². The molecule has 0 radical (unpaired) electrons. The van der Waals surface area contributed by atoms with Crippen LogP contribution in [0.2, 0.25) is 0 Å². The molecule has 0 bridgehead atoms. The minimum Gasteiger partial charge on any atom is -0.373 e. The SMILES string of the molecule is CC1(CNC(=O)C2CCCN2)CCCO1. The van der Waals surface area contributed by atoms with E-state index in [4.69, 9.17) is 4.74 Å². The number of carbonyl (C=O) groups excluding carboxylic acids is 1. The fourth-order valence-electron chi connectivity index (χ4n) is 2.28. The largest absolute Gasteiger partial charge is 0.373 e. The Morgan fingerprint density at radius 3 is 3.07 bits per heavy atom. The van der Waals surface area contributed by atoms with Gasteiger partial charge in [0, 0.05) is 13.2 Å². The maximum absolute atomic E-state index is 11.7. The van der Waals surface area contributed by atoms with Crippen LogP contribution in [0.3, 0.4) is 0 Å². The highest BCUT2D eigenvalue weighted by Gasteiger charge is 2.31. The number of hydrogen-bond acceptors (Lipinski definition) is 3. The molecule has 0 aromatic heterocycles. The molecule has 2 aliphatic rings. The van der Waals surface area contributed by atoms with E-state index in [1.165, 1.54) is 0 Å². The third kappa shape index (κ3) is 2.69. The van der Waals surface area contributed by atoms with Crippen molar-refractivity contribution in [2.45, 2.75) is 44.2 Å². The molecule has 2 rings (SSSR count). The number of ether oxygens (including phenoxy) is 1. The third-order valence-electron chi connectivity index (χ3n) is 3.31. The van der Waals surface area contributed by atoms with Crippen LogP contribution in [0.5, 0.6) is 0 Å². The van der Waals surface area contributed by atoms with Gasteiger partial charge in [-0.15, -0.1) is 0 Å². The van der Waals surface area contributed by atoms with E-state index in [0.29, 0.717) is 6.54 Å². The summed E-state index contributed by atoms with van der Waals surface area (Å²) in [6.45, 7) is 4.51. The van der Waals surface area contributed by atoms with Crippen LogP contribution in [0.25, 0.3) is 0 Å². The van der Waals surface area contributed by atoms with E-state index in [9.17, 15) is 4.79 Å². The van der Waals surface area contributed by atoms with Gasteiger partial charge >= 0.3 is 0 Å². The zero-order valence-electron chi connectivity index (χ0n) is 9.34. The molecule has 2 saturated heterocycles. The Hall–Kier alpha value is -0.610. The highest BCUT2D eigenvalue weighted by molar-refractivity contribution is 5.82. The van der Waals surface area contributed by atoms with Gasteiger partial charge in [0.2, 0.25) is 5.91 Å². The molecule has 2 aliphatic heterocycles. The molecule has 0 aromatic carbocycles. The van der Waals surface area contributed by atoms with Gasteiger partial charge in [0.1, 0.15) is 0 Å². The maximum Gasteiger partial charge on any atom is 0.237 e. The van der Waals surface area contributed by atoms with Crippen molar-refractivity contribution in [2.24, 2.45) is 0 Å². The molecule has 2 atom stereocenters. The lowest BCUT2D eigenvalue weighted by Gasteiger charge is -2.24. The van der Waals surface area contributed by atoms with Gasteiger partial charge in [0.25, 0.3) is 0 Å². The predicted octanol–water partition coefficient (Wildman–Crippen LogP) is 0.424. The van der Waals surface area contributed by atoms with Crippen molar-refractivity contribution < 1.29 is 9.53 Å². The van der Waals surface area contributed by atoms with Gasteiger partial charge < -0.3 is 15.4 Å². The standard InChI is InChI=1S/C11H20N2O2/c1-11(5-3-7-15-11)8-13-10(14)9-4-2-6-12-9/h9,12H,2-8H2,1H3,(H,13,14). The summed E-state index contributed by atoms with van der Waals surface area (Å²) in [6.07, 6.45) is 4.22. The van der Waals surface area contributed by atoms with E-state index in [-0.39, 0.29) is 17.6 Å². The van der Waals surface area contributed by atoms with Crippen molar-refractivity contribution in [3.05, 3.63) is 0 Å². The van der Waals surface area contributed by atoms with Crippen LogP contribution in [0.1, 0.15) is 32.6 Å². The number of nitrogens with one attached hydrogen (secondary N) is 2. The normalized spacial score (nSPS) is 35.7. The Morgan fingerprint density at radius 1 is 1.60 bits per heavy atom. The fourth-order valence-corrected chi connectivity index (χ4v) is 2.28. The summed E-state index contributed by atoms with van der Waals surface area (Å²) in [5, 5.41) is 6.17. The molecule has 15 heavy (non-hydrogen) atoms. The Kier molecular flexibility index (Phi) is 3.26. The first-order valence-corrected chi connectivity index (χ1v) is 5.85. The molecule has 0 saturated carbocycles. The minimum absolute atomic E-state index is 0.0232. The van der Waals surface area contributed by atoms with Crippen molar-refractivity contribution in [2.75, 3.05) is 19.7 Å². The minimum atomic E-state index is -0.131. The first-order chi connectivity index (χ1) is 7.20. The molecule has 2 unspecified atom stereocenters. The van der Waals surface area contributed by atoms with Crippen molar-refractivity contribution in [1.29, 1.82) is 0 Å². The van der Waals surface area contributed by atoms with Crippen molar-refractivity contribution in [1.82, 2.24) is 10.6 Å². The van der Waals surface area contributed by atoms with E-state index >= 15 is 0 Å². The summed E-state index contributed by atoms with van der Waals surface area (Å²) < 4.78 is 5.62. The highest BCUT2D eigenvalue weighted by atomic mass is 16.5. The Morgan fingerprint density at radius 2 is 2.47 bits per heavy atom. The molecule has 0 spiro atoms. The van der Waals surface area contributed by atoms with Gasteiger partial charge in [-0.05, 0) is 39.2 Å². The summed E-state index contributed by atoms with van der Waals surface area (Å²) in [5.74, 6) is 0.129. The zero-order valence-corrected chi connectivity index (χ0v) is 9.34. The molecule has 1 amide bonds. The number of hydrogen-bond donors (Lipinski definition) is 2. The molecule has 4 nitrogen and oxygen atoms in total. The van der Waals surface area contributed by atoms with Crippen molar-refractivity contribution in [3.8, 4) is 0 Å². The average molecular weight is 212 g/mol. The topological polar surface area (TPSA) is 50.4 Å². The summed E-state index contributed by atoms with van der Waals surface area (Å²) in [7, 11) is 0. The smallest absolute Gasteiger partial charge is 0.237 e. The van der Waals surface area contributed by atoms with Crippen LogP contribution in [-0.2, 0) is 9.53 Å².